The Labute approximate surface area is 149 Å². The van der Waals surface area contributed by atoms with Crippen LogP contribution in [0.2, 0.25) is 0 Å². The van der Waals surface area contributed by atoms with Gasteiger partial charge in [0, 0.05) is 61.4 Å². The molecule has 0 aromatic carbocycles. The third kappa shape index (κ3) is 3.00. The molecule has 134 valence electrons. The van der Waals surface area contributed by atoms with E-state index in [1.54, 1.807) is 0 Å². The molecule has 2 heterocycles. The van der Waals surface area contributed by atoms with E-state index in [-0.39, 0.29) is 0 Å². The van der Waals surface area contributed by atoms with E-state index in [1.165, 1.54) is 31.2 Å². The molecule has 4 rings (SSSR count). The van der Waals surface area contributed by atoms with Crippen LogP contribution in [0, 0.1) is 5.41 Å². The van der Waals surface area contributed by atoms with Gasteiger partial charge < -0.3 is 10.1 Å². The summed E-state index contributed by atoms with van der Waals surface area (Å²) in [7, 11) is 1.99. The van der Waals surface area contributed by atoms with Crippen LogP contribution in [0.15, 0.2) is 30.7 Å². The summed E-state index contributed by atoms with van der Waals surface area (Å²) in [6.07, 6.45) is 12.7. The highest BCUT2D eigenvalue weighted by molar-refractivity contribution is 5.61. The molecule has 0 radical (unpaired) electrons. The van der Waals surface area contributed by atoms with Crippen LogP contribution >= 0.6 is 0 Å². The molecule has 0 amide bonds. The summed E-state index contributed by atoms with van der Waals surface area (Å²) in [5.41, 5.74) is 3.80. The minimum atomic E-state index is 0.370. The molecule has 2 aliphatic carbocycles. The Morgan fingerprint density at radius 2 is 2.04 bits per heavy atom. The van der Waals surface area contributed by atoms with Crippen molar-refractivity contribution in [2.24, 2.45) is 12.5 Å². The van der Waals surface area contributed by atoms with Crippen molar-refractivity contribution >= 4 is 0 Å². The van der Waals surface area contributed by atoms with Crippen molar-refractivity contribution in [2.45, 2.75) is 57.7 Å². The van der Waals surface area contributed by atoms with Gasteiger partial charge in [0.2, 0.25) is 0 Å². The average Bonchev–Trinajstić information content (AvgIpc) is 3.27. The van der Waals surface area contributed by atoms with Crippen molar-refractivity contribution in [1.82, 2.24) is 20.1 Å². The molecule has 2 aliphatic rings. The standard InChI is InChI=1S/C20H28N4O/c1-3-25-18-12-17(20(18)8-4-5-9-20)22-13-16-14-24(2)23-19(16)15-6-10-21-11-7-15/h6-7,10-11,14,17-18,22H,3-5,8-9,12-13H2,1-2H3. The summed E-state index contributed by atoms with van der Waals surface area (Å²) in [5.74, 6) is 0. The Morgan fingerprint density at radius 3 is 2.76 bits per heavy atom. The number of rotatable bonds is 6. The van der Waals surface area contributed by atoms with Crippen LogP contribution in [0.1, 0.15) is 44.6 Å². The zero-order chi connectivity index (χ0) is 17.3. The predicted octanol–water partition coefficient (Wildman–Crippen LogP) is 3.31. The summed E-state index contributed by atoms with van der Waals surface area (Å²) in [4.78, 5) is 4.11. The van der Waals surface area contributed by atoms with Gasteiger partial charge in [0.05, 0.1) is 11.8 Å². The number of ether oxygens (including phenoxy) is 1. The monoisotopic (exact) mass is 340 g/mol. The van der Waals surface area contributed by atoms with Gasteiger partial charge in [0.15, 0.2) is 0 Å². The van der Waals surface area contributed by atoms with Crippen LogP contribution in [-0.2, 0) is 18.3 Å². The third-order valence-corrected chi connectivity index (χ3v) is 6.08. The van der Waals surface area contributed by atoms with Crippen molar-refractivity contribution in [1.29, 1.82) is 0 Å². The second kappa shape index (κ2) is 6.89. The maximum Gasteiger partial charge on any atom is 0.0969 e. The Hall–Kier alpha value is -1.72. The van der Waals surface area contributed by atoms with Crippen LogP contribution in [0.5, 0.6) is 0 Å². The van der Waals surface area contributed by atoms with Gasteiger partial charge in [-0.05, 0) is 38.3 Å². The van der Waals surface area contributed by atoms with Crippen LogP contribution in [0.3, 0.4) is 0 Å². The van der Waals surface area contributed by atoms with E-state index in [9.17, 15) is 0 Å². The van der Waals surface area contributed by atoms with E-state index in [0.717, 1.165) is 30.8 Å². The molecular formula is C20H28N4O. The fraction of sp³-hybridized carbons (Fsp3) is 0.600. The van der Waals surface area contributed by atoms with E-state index in [0.29, 0.717) is 17.6 Å². The lowest BCUT2D eigenvalue weighted by molar-refractivity contribution is -0.130. The lowest BCUT2D eigenvalue weighted by atomic mass is 9.60. The van der Waals surface area contributed by atoms with Crippen LogP contribution < -0.4 is 5.32 Å². The van der Waals surface area contributed by atoms with Gasteiger partial charge in [0.25, 0.3) is 0 Å². The van der Waals surface area contributed by atoms with Crippen molar-refractivity contribution < 1.29 is 4.74 Å². The molecule has 2 aromatic heterocycles. The van der Waals surface area contributed by atoms with Crippen LogP contribution in [-0.4, -0.2) is 33.5 Å². The Morgan fingerprint density at radius 1 is 1.28 bits per heavy atom. The molecule has 2 atom stereocenters. The average molecular weight is 340 g/mol. The fourth-order valence-corrected chi connectivity index (χ4v) is 4.83. The first-order valence-corrected chi connectivity index (χ1v) is 9.51. The highest BCUT2D eigenvalue weighted by Gasteiger charge is 2.56. The number of hydrogen-bond donors (Lipinski definition) is 1. The summed E-state index contributed by atoms with van der Waals surface area (Å²) in [6.45, 7) is 3.80. The molecule has 2 aromatic rings. The van der Waals surface area contributed by atoms with Gasteiger partial charge in [-0.25, -0.2) is 0 Å². The quantitative estimate of drug-likeness (QED) is 0.876. The van der Waals surface area contributed by atoms with Crippen molar-refractivity contribution in [3.05, 3.63) is 36.3 Å². The summed E-state index contributed by atoms with van der Waals surface area (Å²) < 4.78 is 7.94. The summed E-state index contributed by atoms with van der Waals surface area (Å²) >= 11 is 0. The molecule has 1 spiro atoms. The first-order chi connectivity index (χ1) is 12.2. The van der Waals surface area contributed by atoms with Crippen molar-refractivity contribution in [2.75, 3.05) is 6.61 Å². The van der Waals surface area contributed by atoms with Crippen molar-refractivity contribution in [3.63, 3.8) is 0 Å². The highest BCUT2D eigenvalue weighted by atomic mass is 16.5. The molecule has 25 heavy (non-hydrogen) atoms. The molecule has 0 bridgehead atoms. The molecule has 5 heteroatoms. The van der Waals surface area contributed by atoms with Crippen LogP contribution in [0.25, 0.3) is 11.3 Å². The molecule has 2 unspecified atom stereocenters. The van der Waals surface area contributed by atoms with E-state index < -0.39 is 0 Å². The van der Waals surface area contributed by atoms with Gasteiger partial charge in [-0.15, -0.1) is 0 Å². The van der Waals surface area contributed by atoms with E-state index >= 15 is 0 Å². The van der Waals surface area contributed by atoms with E-state index in [1.807, 2.05) is 36.3 Å². The number of nitrogens with zero attached hydrogens (tertiary/aromatic N) is 3. The number of hydrogen-bond acceptors (Lipinski definition) is 4. The van der Waals surface area contributed by atoms with Gasteiger partial charge in [0.1, 0.15) is 0 Å². The maximum absolute atomic E-state index is 6.03. The first kappa shape index (κ1) is 16.7. The zero-order valence-corrected chi connectivity index (χ0v) is 15.2. The Balaban J connectivity index is 1.47. The second-order valence-electron chi connectivity index (χ2n) is 7.47. The lowest BCUT2D eigenvalue weighted by Gasteiger charge is -2.54. The number of aromatic nitrogens is 3. The Bertz CT molecular complexity index is 706. The van der Waals surface area contributed by atoms with Crippen LogP contribution in [0.4, 0.5) is 0 Å². The van der Waals surface area contributed by atoms with Gasteiger partial charge >= 0.3 is 0 Å². The first-order valence-electron chi connectivity index (χ1n) is 9.51. The SMILES string of the molecule is CCOC1CC(NCc2cn(C)nc2-c2ccncc2)C12CCCC2. The molecule has 0 saturated heterocycles. The molecular weight excluding hydrogens is 312 g/mol. The summed E-state index contributed by atoms with van der Waals surface area (Å²) in [6, 6.07) is 4.62. The minimum Gasteiger partial charge on any atom is -0.378 e. The normalized spacial score (nSPS) is 24.6. The van der Waals surface area contributed by atoms with Gasteiger partial charge in [-0.1, -0.05) is 12.8 Å². The fourth-order valence-electron chi connectivity index (χ4n) is 4.83. The lowest BCUT2D eigenvalue weighted by Crippen LogP contribution is -2.62. The zero-order valence-electron chi connectivity index (χ0n) is 15.2. The minimum absolute atomic E-state index is 0.370. The van der Waals surface area contributed by atoms with Gasteiger partial charge in [-0.2, -0.15) is 5.10 Å². The topological polar surface area (TPSA) is 52.0 Å². The highest BCUT2D eigenvalue weighted by Crippen LogP contribution is 2.54. The molecule has 0 aliphatic heterocycles. The van der Waals surface area contributed by atoms with E-state index in [2.05, 4.69) is 28.5 Å². The number of pyridine rings is 1. The molecule has 5 nitrogen and oxygen atoms in total. The Kier molecular flexibility index (Phi) is 4.61. The number of nitrogens with one attached hydrogen (secondary N) is 1. The largest absolute Gasteiger partial charge is 0.378 e. The predicted molar refractivity (Wildman–Crippen MR) is 98.0 cm³/mol. The number of aryl methyl sites for hydroxylation is 1. The molecule has 2 fully saturated rings. The second-order valence-corrected chi connectivity index (χ2v) is 7.47. The molecule has 1 N–H and O–H groups in total. The van der Waals surface area contributed by atoms with E-state index in [4.69, 9.17) is 4.74 Å². The smallest absolute Gasteiger partial charge is 0.0969 e. The summed E-state index contributed by atoms with van der Waals surface area (Å²) in [5, 5.41) is 8.49. The van der Waals surface area contributed by atoms with Crippen molar-refractivity contribution in [3.8, 4) is 11.3 Å². The maximum atomic E-state index is 6.03. The van der Waals surface area contributed by atoms with Gasteiger partial charge in [-0.3, -0.25) is 9.67 Å². The molecule has 2 saturated carbocycles. The third-order valence-electron chi connectivity index (χ3n) is 6.08.